The molecule has 4 nitrogen and oxygen atoms in total. The molecule has 24 heavy (non-hydrogen) atoms. The Kier molecular flexibility index (Phi) is 10.9. The van der Waals surface area contributed by atoms with E-state index in [1.807, 2.05) is 6.92 Å². The molecule has 0 fully saturated rings. The Balaban J connectivity index is 0.00000529. The molecule has 0 spiro atoms. The van der Waals surface area contributed by atoms with Crippen LogP contribution >= 0.6 is 24.0 Å². The predicted octanol–water partition coefficient (Wildman–Crippen LogP) is 2.99. The minimum Gasteiger partial charge on any atom is -0.357 e. The van der Waals surface area contributed by atoms with Crippen LogP contribution in [0.5, 0.6) is 0 Å². The highest BCUT2D eigenvalue weighted by atomic mass is 127. The van der Waals surface area contributed by atoms with Gasteiger partial charge in [-0.05, 0) is 31.7 Å². The minimum atomic E-state index is -4.20. The topological polar surface area (TPSA) is 39.7 Å². The molecule has 0 saturated carbocycles. The van der Waals surface area contributed by atoms with E-state index in [9.17, 15) is 17.6 Å². The number of alkyl halides is 3. The van der Waals surface area contributed by atoms with Gasteiger partial charge in [0.05, 0.1) is 13.1 Å². The third-order valence-corrected chi connectivity index (χ3v) is 2.91. The zero-order valence-electron chi connectivity index (χ0n) is 13.7. The summed E-state index contributed by atoms with van der Waals surface area (Å²) in [6, 6.07) is 5.99. The van der Waals surface area contributed by atoms with E-state index in [1.165, 1.54) is 24.1 Å². The van der Waals surface area contributed by atoms with Crippen LogP contribution in [-0.4, -0.2) is 50.3 Å². The smallest absolute Gasteiger partial charge is 0.357 e. The fourth-order valence-corrected chi connectivity index (χ4v) is 1.85. The summed E-state index contributed by atoms with van der Waals surface area (Å²) in [5.41, 5.74) is 0.845. The van der Waals surface area contributed by atoms with Crippen molar-refractivity contribution in [3.63, 3.8) is 0 Å². The number of hydrogen-bond donors (Lipinski definition) is 2. The van der Waals surface area contributed by atoms with Gasteiger partial charge in [-0.1, -0.05) is 12.1 Å². The molecule has 0 radical (unpaired) electrons. The SMILES string of the molecule is CCNC(=NCc1ccc(F)cc1)NCCN(C)CC(F)(F)F.I. The van der Waals surface area contributed by atoms with E-state index in [0.29, 0.717) is 25.6 Å². The number of guanidine groups is 1. The Morgan fingerprint density at radius 2 is 1.79 bits per heavy atom. The molecule has 0 unspecified atom stereocenters. The average Bonchev–Trinajstić information content (AvgIpc) is 2.44. The van der Waals surface area contributed by atoms with E-state index in [4.69, 9.17) is 0 Å². The lowest BCUT2D eigenvalue weighted by atomic mass is 10.2. The predicted molar refractivity (Wildman–Crippen MR) is 98.2 cm³/mol. The second-order valence-corrected chi connectivity index (χ2v) is 5.10. The number of benzene rings is 1. The van der Waals surface area contributed by atoms with E-state index in [0.717, 1.165) is 5.56 Å². The highest BCUT2D eigenvalue weighted by Gasteiger charge is 2.28. The molecule has 0 amide bonds. The van der Waals surface area contributed by atoms with Crippen molar-refractivity contribution < 1.29 is 17.6 Å². The zero-order valence-corrected chi connectivity index (χ0v) is 16.0. The van der Waals surface area contributed by atoms with Crippen LogP contribution < -0.4 is 10.6 Å². The minimum absolute atomic E-state index is 0. The summed E-state index contributed by atoms with van der Waals surface area (Å²) in [6.45, 7) is 2.51. The van der Waals surface area contributed by atoms with Gasteiger partial charge in [-0.2, -0.15) is 13.2 Å². The second-order valence-electron chi connectivity index (χ2n) is 5.10. The fraction of sp³-hybridized carbons (Fsp3) is 0.533. The van der Waals surface area contributed by atoms with Gasteiger partial charge in [-0.15, -0.1) is 24.0 Å². The van der Waals surface area contributed by atoms with Crippen LogP contribution in [0.25, 0.3) is 0 Å². The summed E-state index contributed by atoms with van der Waals surface area (Å²) in [4.78, 5) is 5.51. The van der Waals surface area contributed by atoms with Crippen molar-refractivity contribution in [1.29, 1.82) is 0 Å². The monoisotopic (exact) mass is 462 g/mol. The molecule has 0 bridgehead atoms. The first-order valence-corrected chi connectivity index (χ1v) is 7.32. The second kappa shape index (κ2) is 11.5. The van der Waals surface area contributed by atoms with E-state index in [2.05, 4.69) is 15.6 Å². The summed E-state index contributed by atoms with van der Waals surface area (Å²) < 4.78 is 49.5. The number of halogens is 5. The van der Waals surface area contributed by atoms with Crippen molar-refractivity contribution in [2.75, 3.05) is 33.2 Å². The van der Waals surface area contributed by atoms with Crippen LogP contribution in [0.4, 0.5) is 17.6 Å². The van der Waals surface area contributed by atoms with Gasteiger partial charge in [0.1, 0.15) is 5.82 Å². The Labute approximate surface area is 156 Å². The van der Waals surface area contributed by atoms with Crippen LogP contribution in [0, 0.1) is 5.82 Å². The van der Waals surface area contributed by atoms with Gasteiger partial charge in [-0.25, -0.2) is 9.38 Å². The third-order valence-electron chi connectivity index (χ3n) is 2.91. The normalized spacial score (nSPS) is 12.0. The highest BCUT2D eigenvalue weighted by molar-refractivity contribution is 14.0. The van der Waals surface area contributed by atoms with E-state index in [1.54, 1.807) is 12.1 Å². The first kappa shape index (κ1) is 22.9. The van der Waals surface area contributed by atoms with Crippen LogP contribution in [0.15, 0.2) is 29.3 Å². The van der Waals surface area contributed by atoms with Gasteiger partial charge in [-0.3, -0.25) is 4.90 Å². The quantitative estimate of drug-likeness (QED) is 0.284. The summed E-state index contributed by atoms with van der Waals surface area (Å²) >= 11 is 0. The number of aliphatic imine (C=N–C) groups is 1. The Morgan fingerprint density at radius 3 is 2.33 bits per heavy atom. The first-order valence-electron chi connectivity index (χ1n) is 7.32. The molecule has 0 aromatic heterocycles. The van der Waals surface area contributed by atoms with Gasteiger partial charge < -0.3 is 10.6 Å². The van der Waals surface area contributed by atoms with Crippen molar-refractivity contribution >= 4 is 29.9 Å². The lowest BCUT2D eigenvalue weighted by molar-refractivity contribution is -0.142. The fourth-order valence-electron chi connectivity index (χ4n) is 1.85. The molecule has 0 atom stereocenters. The van der Waals surface area contributed by atoms with E-state index in [-0.39, 0.29) is 36.3 Å². The molecule has 1 aromatic rings. The van der Waals surface area contributed by atoms with Crippen molar-refractivity contribution in [2.24, 2.45) is 4.99 Å². The van der Waals surface area contributed by atoms with Crippen molar-refractivity contribution in [1.82, 2.24) is 15.5 Å². The van der Waals surface area contributed by atoms with Crippen LogP contribution in [0.2, 0.25) is 0 Å². The lowest BCUT2D eigenvalue weighted by Crippen LogP contribution is -2.42. The maximum atomic E-state index is 12.8. The summed E-state index contributed by atoms with van der Waals surface area (Å²) in [7, 11) is 1.41. The van der Waals surface area contributed by atoms with Gasteiger partial charge in [0.2, 0.25) is 0 Å². The Morgan fingerprint density at radius 1 is 1.17 bits per heavy atom. The molecular weight excluding hydrogens is 439 g/mol. The van der Waals surface area contributed by atoms with Crippen molar-refractivity contribution in [2.45, 2.75) is 19.6 Å². The van der Waals surface area contributed by atoms with E-state index >= 15 is 0 Å². The van der Waals surface area contributed by atoms with Gasteiger partial charge in [0.25, 0.3) is 0 Å². The summed E-state index contributed by atoms with van der Waals surface area (Å²) in [5.74, 6) is 0.202. The Bertz CT molecular complexity index is 491. The molecule has 1 rings (SSSR count). The first-order chi connectivity index (χ1) is 10.8. The number of rotatable bonds is 7. The third kappa shape index (κ3) is 10.6. The highest BCUT2D eigenvalue weighted by Crippen LogP contribution is 2.14. The standard InChI is InChI=1S/C15H22F4N4.HI/c1-3-20-14(21-8-9-23(2)11-15(17,18)19)22-10-12-4-6-13(16)7-5-12;/h4-7H,3,8-11H2,1-2H3,(H2,20,21,22);1H. The molecule has 0 aliphatic heterocycles. The molecule has 0 aliphatic rings. The molecule has 138 valence electrons. The van der Waals surface area contributed by atoms with Gasteiger partial charge >= 0.3 is 6.18 Å². The number of nitrogens with zero attached hydrogens (tertiary/aromatic N) is 2. The van der Waals surface area contributed by atoms with Crippen LogP contribution in [0.1, 0.15) is 12.5 Å². The maximum absolute atomic E-state index is 12.8. The van der Waals surface area contributed by atoms with Crippen molar-refractivity contribution in [3.8, 4) is 0 Å². The molecule has 2 N–H and O–H groups in total. The summed E-state index contributed by atoms with van der Waals surface area (Å²) in [6.07, 6.45) is -4.20. The van der Waals surface area contributed by atoms with E-state index < -0.39 is 12.7 Å². The van der Waals surface area contributed by atoms with Crippen LogP contribution in [0.3, 0.4) is 0 Å². The molecule has 0 heterocycles. The maximum Gasteiger partial charge on any atom is 0.401 e. The number of hydrogen-bond acceptors (Lipinski definition) is 2. The van der Waals surface area contributed by atoms with Gasteiger partial charge in [0, 0.05) is 19.6 Å². The number of nitrogens with one attached hydrogen (secondary N) is 2. The Hall–Kier alpha value is -1.10. The lowest BCUT2D eigenvalue weighted by Gasteiger charge is -2.19. The number of likely N-dealkylation sites (N-methyl/N-ethyl adjacent to an activating group) is 1. The molecule has 1 aromatic carbocycles. The van der Waals surface area contributed by atoms with Crippen LogP contribution in [-0.2, 0) is 6.54 Å². The molecular formula is C15H23F4IN4. The summed E-state index contributed by atoms with van der Waals surface area (Å²) in [5, 5.41) is 5.99. The zero-order chi connectivity index (χ0) is 17.3. The van der Waals surface area contributed by atoms with Gasteiger partial charge in [0.15, 0.2) is 5.96 Å². The molecule has 9 heteroatoms. The largest absolute Gasteiger partial charge is 0.401 e. The molecule has 0 aliphatic carbocycles. The van der Waals surface area contributed by atoms with Crippen molar-refractivity contribution in [3.05, 3.63) is 35.6 Å². The average molecular weight is 462 g/mol. The molecule has 0 saturated heterocycles.